The zero-order valence-electron chi connectivity index (χ0n) is 10.3. The Hall–Kier alpha value is -1.41. The summed E-state index contributed by atoms with van der Waals surface area (Å²) in [7, 11) is 2.25. The van der Waals surface area contributed by atoms with Gasteiger partial charge in [0.2, 0.25) is 0 Å². The molecule has 9 heteroatoms. The van der Waals surface area contributed by atoms with E-state index < -0.39 is 43.3 Å². The molecule has 1 fully saturated rings. The summed E-state index contributed by atoms with van der Waals surface area (Å²) in [5.74, 6) is -3.49. The highest BCUT2D eigenvalue weighted by atomic mass is 35.7. The molecule has 0 aliphatic carbocycles. The summed E-state index contributed by atoms with van der Waals surface area (Å²) >= 11 is 0. The predicted molar refractivity (Wildman–Crippen MR) is 66.1 cm³/mol. The highest BCUT2D eigenvalue weighted by molar-refractivity contribution is 8.13. The van der Waals surface area contributed by atoms with Crippen LogP contribution in [-0.4, -0.2) is 38.9 Å². The summed E-state index contributed by atoms with van der Waals surface area (Å²) in [6.07, 6.45) is -0.745. The van der Waals surface area contributed by atoms with Crippen LogP contribution in [0.4, 0.5) is 8.78 Å². The molecule has 0 bridgehead atoms. The van der Waals surface area contributed by atoms with Gasteiger partial charge in [0.15, 0.2) is 17.7 Å². The van der Waals surface area contributed by atoms with Gasteiger partial charge in [-0.05, 0) is 6.07 Å². The zero-order valence-corrected chi connectivity index (χ0v) is 11.8. The summed E-state index contributed by atoms with van der Waals surface area (Å²) in [6.45, 7) is 0.398. The predicted octanol–water partition coefficient (Wildman–Crippen LogP) is 1.50. The minimum atomic E-state index is -4.41. The van der Waals surface area contributed by atoms with Crippen LogP contribution in [-0.2, 0) is 13.8 Å². The minimum absolute atomic E-state index is 0.272. The van der Waals surface area contributed by atoms with Gasteiger partial charge in [0.1, 0.15) is 10.7 Å². The van der Waals surface area contributed by atoms with Crippen LogP contribution in [0.25, 0.3) is 0 Å². The van der Waals surface area contributed by atoms with E-state index >= 15 is 0 Å². The van der Waals surface area contributed by atoms with Gasteiger partial charge < -0.3 is 9.64 Å². The number of hydrogen-bond acceptors (Lipinski definition) is 4. The second kappa shape index (κ2) is 5.17. The van der Waals surface area contributed by atoms with Crippen LogP contribution in [0.5, 0.6) is 5.75 Å². The van der Waals surface area contributed by atoms with Gasteiger partial charge in [0.25, 0.3) is 15.0 Å². The highest BCUT2D eigenvalue weighted by Gasteiger charge is 2.33. The van der Waals surface area contributed by atoms with E-state index in [0.29, 0.717) is 18.7 Å². The molecule has 110 valence electrons. The Morgan fingerprint density at radius 2 is 2.05 bits per heavy atom. The summed E-state index contributed by atoms with van der Waals surface area (Å²) in [6, 6.07) is 1.01. The molecule has 0 aromatic heterocycles. The first-order chi connectivity index (χ1) is 9.20. The molecular weight excluding hydrogens is 316 g/mol. The van der Waals surface area contributed by atoms with E-state index in [9.17, 15) is 22.0 Å². The molecule has 2 rings (SSSR count). The molecule has 1 unspecified atom stereocenters. The highest BCUT2D eigenvalue weighted by Crippen LogP contribution is 2.32. The zero-order chi connectivity index (χ0) is 15.1. The quantitative estimate of drug-likeness (QED) is 0.790. The van der Waals surface area contributed by atoms with E-state index in [1.807, 2.05) is 0 Å². The van der Waals surface area contributed by atoms with Crippen LogP contribution in [0, 0.1) is 11.6 Å². The Morgan fingerprint density at radius 1 is 1.40 bits per heavy atom. The second-order valence-corrected chi connectivity index (χ2v) is 6.84. The van der Waals surface area contributed by atoms with Crippen LogP contribution in [0.2, 0.25) is 0 Å². The Kier molecular flexibility index (Phi) is 3.88. The normalized spacial score (nSPS) is 19.5. The third-order valence-corrected chi connectivity index (χ3v) is 4.20. The maximum absolute atomic E-state index is 13.7. The van der Waals surface area contributed by atoms with Gasteiger partial charge in [-0.1, -0.05) is 0 Å². The SMILES string of the molecule is CN1CCC(Oc2c(F)cc(F)cc2S(=O)(=O)Cl)C1=O. The van der Waals surface area contributed by atoms with Crippen molar-refractivity contribution in [3.63, 3.8) is 0 Å². The molecule has 1 aliphatic rings. The lowest BCUT2D eigenvalue weighted by Crippen LogP contribution is -2.30. The lowest BCUT2D eigenvalue weighted by atomic mass is 10.3. The summed E-state index contributed by atoms with van der Waals surface area (Å²) in [5.41, 5.74) is 0. The fourth-order valence-corrected chi connectivity index (χ4v) is 2.84. The van der Waals surface area contributed by atoms with Gasteiger partial charge in [-0.15, -0.1) is 0 Å². The van der Waals surface area contributed by atoms with Crippen molar-refractivity contribution in [1.29, 1.82) is 0 Å². The molecule has 1 amide bonds. The lowest BCUT2D eigenvalue weighted by molar-refractivity contribution is -0.132. The Balaban J connectivity index is 2.44. The van der Waals surface area contributed by atoms with Crippen LogP contribution in [0.15, 0.2) is 17.0 Å². The molecule has 0 saturated carbocycles. The van der Waals surface area contributed by atoms with Crippen LogP contribution >= 0.6 is 10.7 Å². The monoisotopic (exact) mass is 325 g/mol. The van der Waals surface area contributed by atoms with Crippen molar-refractivity contribution in [3.05, 3.63) is 23.8 Å². The van der Waals surface area contributed by atoms with Gasteiger partial charge in [-0.3, -0.25) is 4.79 Å². The largest absolute Gasteiger partial charge is 0.476 e. The molecule has 1 aromatic rings. The fraction of sp³-hybridized carbons (Fsp3) is 0.364. The molecule has 20 heavy (non-hydrogen) atoms. The molecule has 1 heterocycles. The molecule has 1 aliphatic heterocycles. The van der Waals surface area contributed by atoms with E-state index in [1.54, 1.807) is 0 Å². The standard InChI is InChI=1S/C11H10ClF2NO4S/c1-15-3-2-8(11(15)16)19-10-7(14)4-6(13)5-9(10)20(12,17)18/h4-5,8H,2-3H2,1H3. The molecule has 1 atom stereocenters. The third kappa shape index (κ3) is 2.85. The van der Waals surface area contributed by atoms with Crippen LogP contribution in [0.1, 0.15) is 6.42 Å². The van der Waals surface area contributed by atoms with Crippen molar-refractivity contribution in [2.45, 2.75) is 17.4 Å². The molecule has 1 aromatic carbocycles. The average Bonchev–Trinajstić information content (AvgIpc) is 2.62. The molecule has 5 nitrogen and oxygen atoms in total. The van der Waals surface area contributed by atoms with Crippen molar-refractivity contribution in [2.75, 3.05) is 13.6 Å². The number of hydrogen-bond donors (Lipinski definition) is 0. The number of carbonyl (C=O) groups is 1. The number of likely N-dealkylation sites (tertiary alicyclic amines) is 1. The van der Waals surface area contributed by atoms with Crippen molar-refractivity contribution < 1.29 is 26.7 Å². The summed E-state index contributed by atoms with van der Waals surface area (Å²) < 4.78 is 54.6. The van der Waals surface area contributed by atoms with E-state index in [-0.39, 0.29) is 6.42 Å². The van der Waals surface area contributed by atoms with Crippen LogP contribution in [0.3, 0.4) is 0 Å². The Labute approximate surface area is 118 Å². The maximum Gasteiger partial charge on any atom is 0.265 e. The second-order valence-electron chi connectivity index (χ2n) is 4.31. The number of halogens is 3. The topological polar surface area (TPSA) is 63.7 Å². The third-order valence-electron chi connectivity index (χ3n) is 2.88. The Bertz CT molecular complexity index is 665. The first kappa shape index (κ1) is 15.0. The number of rotatable bonds is 3. The maximum atomic E-state index is 13.7. The number of benzene rings is 1. The summed E-state index contributed by atoms with van der Waals surface area (Å²) in [4.78, 5) is 12.2. The van der Waals surface area contributed by atoms with E-state index in [2.05, 4.69) is 0 Å². The van der Waals surface area contributed by atoms with E-state index in [4.69, 9.17) is 15.4 Å². The smallest absolute Gasteiger partial charge is 0.265 e. The molecule has 0 radical (unpaired) electrons. The van der Waals surface area contributed by atoms with Gasteiger partial charge in [-0.25, -0.2) is 17.2 Å². The molecule has 1 saturated heterocycles. The van der Waals surface area contributed by atoms with Gasteiger partial charge in [-0.2, -0.15) is 0 Å². The van der Waals surface area contributed by atoms with Crippen LogP contribution < -0.4 is 4.74 Å². The number of amides is 1. The number of ether oxygens (including phenoxy) is 1. The van der Waals surface area contributed by atoms with Crippen molar-refractivity contribution >= 4 is 25.6 Å². The van der Waals surface area contributed by atoms with E-state index in [0.717, 1.165) is 0 Å². The molecule has 0 N–H and O–H groups in total. The van der Waals surface area contributed by atoms with Crippen molar-refractivity contribution in [2.24, 2.45) is 0 Å². The first-order valence-corrected chi connectivity index (χ1v) is 7.86. The number of nitrogens with zero attached hydrogens (tertiary/aromatic N) is 1. The van der Waals surface area contributed by atoms with E-state index in [1.165, 1.54) is 11.9 Å². The lowest BCUT2D eigenvalue weighted by Gasteiger charge is -2.15. The number of carbonyl (C=O) groups excluding carboxylic acids is 1. The average molecular weight is 326 g/mol. The Morgan fingerprint density at radius 3 is 2.55 bits per heavy atom. The minimum Gasteiger partial charge on any atom is -0.476 e. The van der Waals surface area contributed by atoms with Gasteiger partial charge in [0.05, 0.1) is 0 Å². The fourth-order valence-electron chi connectivity index (χ4n) is 1.87. The first-order valence-electron chi connectivity index (χ1n) is 5.55. The number of likely N-dealkylation sites (N-methyl/N-ethyl adjacent to an activating group) is 1. The summed E-state index contributed by atoms with van der Waals surface area (Å²) in [5, 5.41) is 0. The van der Waals surface area contributed by atoms with Crippen molar-refractivity contribution in [1.82, 2.24) is 4.90 Å². The van der Waals surface area contributed by atoms with Crippen molar-refractivity contribution in [3.8, 4) is 5.75 Å². The van der Waals surface area contributed by atoms with Gasteiger partial charge >= 0.3 is 0 Å². The molecular formula is C11H10ClF2NO4S. The molecule has 0 spiro atoms. The van der Waals surface area contributed by atoms with Gasteiger partial charge in [0, 0.05) is 36.8 Å².